The van der Waals surface area contributed by atoms with Crippen molar-refractivity contribution < 1.29 is 51.6 Å². The van der Waals surface area contributed by atoms with Crippen molar-refractivity contribution in [3.8, 4) is 33.8 Å². The average molecular weight is 795 g/mol. The number of hydrogen-bond acceptors (Lipinski definition) is 9. The van der Waals surface area contributed by atoms with Gasteiger partial charge in [0, 0.05) is 68.4 Å². The lowest BCUT2D eigenvalue weighted by Gasteiger charge is -2.15. The van der Waals surface area contributed by atoms with Crippen LogP contribution in [-0.2, 0) is 0 Å². The second-order valence-corrected chi connectivity index (χ2v) is 13.2. The second-order valence-electron chi connectivity index (χ2n) is 13.2. The van der Waals surface area contributed by atoms with Gasteiger partial charge in [0.2, 0.25) is 11.8 Å². The van der Waals surface area contributed by atoms with Gasteiger partial charge in [-0.3, -0.25) is 0 Å². The van der Waals surface area contributed by atoms with Gasteiger partial charge in [0.1, 0.15) is 22.7 Å². The molecular formula is C44H46F4O9. The number of halogens is 4. The predicted octanol–water partition coefficient (Wildman–Crippen LogP) is 9.36. The maximum atomic E-state index is 13.6. The van der Waals surface area contributed by atoms with Gasteiger partial charge in [0.15, 0.2) is 0 Å². The van der Waals surface area contributed by atoms with Crippen LogP contribution in [0.1, 0.15) is 51.4 Å². The SMILES string of the molecule is O=c1oc2cc(O)ccc2cc1-c1ccccc1.O=c1oc2cc(OCCCC(F)(F)CCCO)ccc2cc1-c1ccccc1.OCCCC(F)(F)CCCO. The molecule has 4 aromatic carbocycles. The maximum absolute atomic E-state index is 13.6. The zero-order valence-electron chi connectivity index (χ0n) is 31.2. The van der Waals surface area contributed by atoms with Crippen molar-refractivity contribution in [3.05, 3.63) is 130 Å². The molecule has 57 heavy (non-hydrogen) atoms. The Bertz CT molecular complexity index is 2230. The Morgan fingerprint density at radius 1 is 0.526 bits per heavy atom. The molecule has 6 rings (SSSR count). The number of rotatable bonds is 16. The molecule has 0 aliphatic heterocycles. The van der Waals surface area contributed by atoms with E-state index in [0.29, 0.717) is 28.0 Å². The third kappa shape index (κ3) is 14.2. The number of phenolic OH excluding ortho intramolecular Hbond substituents is 1. The summed E-state index contributed by atoms with van der Waals surface area (Å²) in [5.41, 5.74) is 2.52. The van der Waals surface area contributed by atoms with Crippen LogP contribution in [0.15, 0.2) is 128 Å². The highest BCUT2D eigenvalue weighted by Gasteiger charge is 2.28. The summed E-state index contributed by atoms with van der Waals surface area (Å²) in [6.45, 7) is -0.504. The molecule has 0 amide bonds. The summed E-state index contributed by atoms with van der Waals surface area (Å²) in [6.07, 6.45) is -0.676. The summed E-state index contributed by atoms with van der Waals surface area (Å²) in [5.74, 6) is -4.97. The first-order valence-electron chi connectivity index (χ1n) is 18.5. The molecule has 0 radical (unpaired) electrons. The van der Waals surface area contributed by atoms with Crippen LogP contribution in [0.25, 0.3) is 44.2 Å². The quantitative estimate of drug-likeness (QED) is 0.0427. The van der Waals surface area contributed by atoms with Crippen molar-refractivity contribution >= 4 is 21.9 Å². The highest BCUT2D eigenvalue weighted by Crippen LogP contribution is 2.28. The summed E-state index contributed by atoms with van der Waals surface area (Å²) in [6, 6.07) is 32.0. The molecule has 4 N–H and O–H groups in total. The van der Waals surface area contributed by atoms with E-state index in [1.165, 1.54) is 6.07 Å². The van der Waals surface area contributed by atoms with Crippen LogP contribution in [0, 0.1) is 0 Å². The summed E-state index contributed by atoms with van der Waals surface area (Å²) in [5, 5.41) is 36.1. The van der Waals surface area contributed by atoms with Gasteiger partial charge in [-0.1, -0.05) is 60.7 Å². The van der Waals surface area contributed by atoms with Crippen molar-refractivity contribution in [1.29, 1.82) is 0 Å². The van der Waals surface area contributed by atoms with Gasteiger partial charge < -0.3 is 34.0 Å². The molecule has 0 aliphatic carbocycles. The van der Waals surface area contributed by atoms with Crippen molar-refractivity contribution in [3.63, 3.8) is 0 Å². The lowest BCUT2D eigenvalue weighted by molar-refractivity contribution is -0.0263. The van der Waals surface area contributed by atoms with E-state index in [4.69, 9.17) is 28.9 Å². The average Bonchev–Trinajstić information content (AvgIpc) is 3.21. The van der Waals surface area contributed by atoms with Gasteiger partial charge in [-0.05, 0) is 73.2 Å². The third-order valence-electron chi connectivity index (χ3n) is 8.65. The van der Waals surface area contributed by atoms with Crippen molar-refractivity contribution in [2.75, 3.05) is 26.4 Å². The minimum atomic E-state index is -2.80. The number of aromatic hydroxyl groups is 1. The summed E-state index contributed by atoms with van der Waals surface area (Å²) < 4.78 is 68.4. The molecule has 13 heteroatoms. The molecule has 0 spiro atoms. The fourth-order valence-electron chi connectivity index (χ4n) is 5.70. The Labute approximate surface area is 326 Å². The first-order valence-corrected chi connectivity index (χ1v) is 18.5. The van der Waals surface area contributed by atoms with Crippen molar-refractivity contribution in [2.24, 2.45) is 0 Å². The second kappa shape index (κ2) is 21.7. The van der Waals surface area contributed by atoms with Crippen LogP contribution >= 0.6 is 0 Å². The Morgan fingerprint density at radius 3 is 1.40 bits per heavy atom. The summed E-state index contributed by atoms with van der Waals surface area (Å²) in [7, 11) is 0. The Morgan fingerprint density at radius 2 is 0.947 bits per heavy atom. The van der Waals surface area contributed by atoms with E-state index in [0.717, 1.165) is 21.9 Å². The van der Waals surface area contributed by atoms with Crippen LogP contribution in [0.5, 0.6) is 11.5 Å². The molecule has 9 nitrogen and oxygen atoms in total. The fraction of sp³-hybridized carbons (Fsp3) is 0.318. The molecule has 2 aromatic heterocycles. The third-order valence-corrected chi connectivity index (χ3v) is 8.65. The molecule has 0 fully saturated rings. The van der Waals surface area contributed by atoms with Crippen LogP contribution in [0.3, 0.4) is 0 Å². The highest BCUT2D eigenvalue weighted by atomic mass is 19.3. The van der Waals surface area contributed by atoms with E-state index in [-0.39, 0.29) is 83.5 Å². The number of hydrogen-bond donors (Lipinski definition) is 4. The predicted molar refractivity (Wildman–Crippen MR) is 211 cm³/mol. The van der Waals surface area contributed by atoms with Crippen molar-refractivity contribution in [1.82, 2.24) is 0 Å². The number of ether oxygens (including phenoxy) is 1. The van der Waals surface area contributed by atoms with E-state index in [9.17, 15) is 32.3 Å². The summed E-state index contributed by atoms with van der Waals surface area (Å²) in [4.78, 5) is 24.2. The van der Waals surface area contributed by atoms with E-state index in [1.807, 2.05) is 60.7 Å². The Kier molecular flexibility index (Phi) is 16.8. The monoisotopic (exact) mass is 794 g/mol. The highest BCUT2D eigenvalue weighted by molar-refractivity contribution is 5.83. The first kappa shape index (κ1) is 44.2. The normalized spacial score (nSPS) is 11.4. The van der Waals surface area contributed by atoms with Gasteiger partial charge in [0.05, 0.1) is 17.7 Å². The molecule has 304 valence electrons. The first-order chi connectivity index (χ1) is 27.3. The topological polar surface area (TPSA) is 151 Å². The summed E-state index contributed by atoms with van der Waals surface area (Å²) >= 11 is 0. The minimum Gasteiger partial charge on any atom is -0.508 e. The molecule has 0 aliphatic rings. The van der Waals surface area contributed by atoms with Crippen LogP contribution in [0.2, 0.25) is 0 Å². The molecule has 6 aromatic rings. The molecule has 0 atom stereocenters. The van der Waals surface area contributed by atoms with E-state index in [2.05, 4.69) is 0 Å². The van der Waals surface area contributed by atoms with Crippen LogP contribution in [0.4, 0.5) is 17.6 Å². The lowest BCUT2D eigenvalue weighted by atomic mass is 10.1. The molecule has 0 saturated heterocycles. The van der Waals surface area contributed by atoms with Crippen LogP contribution < -0.4 is 16.0 Å². The zero-order valence-corrected chi connectivity index (χ0v) is 31.2. The number of aliphatic hydroxyl groups is 3. The maximum Gasteiger partial charge on any atom is 0.344 e. The fourth-order valence-corrected chi connectivity index (χ4v) is 5.70. The smallest absolute Gasteiger partial charge is 0.344 e. The Balaban J connectivity index is 0.000000212. The van der Waals surface area contributed by atoms with Crippen LogP contribution in [-0.4, -0.2) is 58.7 Å². The largest absolute Gasteiger partial charge is 0.508 e. The van der Waals surface area contributed by atoms with Gasteiger partial charge in [-0.2, -0.15) is 0 Å². The number of alkyl halides is 4. The molecule has 2 heterocycles. The van der Waals surface area contributed by atoms with Crippen molar-refractivity contribution in [2.45, 2.75) is 63.2 Å². The molecule has 0 bridgehead atoms. The van der Waals surface area contributed by atoms with E-state index in [1.54, 1.807) is 42.5 Å². The molecule has 0 unspecified atom stereocenters. The molecule has 0 saturated carbocycles. The number of aliphatic hydroxyl groups excluding tert-OH is 3. The standard InChI is InChI=1S/C22H22F2O4.C15H10O3.C7H14F2O2/c23-22(24,10-4-12-25)11-5-13-27-18-9-8-17-14-19(16-6-2-1-3-7-16)21(26)28-20(17)15-18;16-12-7-6-11-8-13(10-4-2-1-3-5-10)15(17)18-14(11)9-12;8-7(9,3-1-5-10)4-2-6-11/h1-3,6-9,14-15,25H,4-5,10-13H2;1-9,16H;10-11H,1-6H2. The van der Waals surface area contributed by atoms with Gasteiger partial charge in [-0.15, -0.1) is 0 Å². The number of fused-ring (bicyclic) bond motifs is 2. The molecular weight excluding hydrogens is 748 g/mol. The number of phenols is 1. The minimum absolute atomic E-state index is 0.0816. The van der Waals surface area contributed by atoms with Gasteiger partial charge in [0.25, 0.3) is 0 Å². The lowest BCUT2D eigenvalue weighted by Crippen LogP contribution is -2.17. The zero-order chi connectivity index (χ0) is 41.3. The number of benzene rings is 4. The van der Waals surface area contributed by atoms with E-state index < -0.39 is 23.1 Å². The Hall–Kier alpha value is -5.50. The van der Waals surface area contributed by atoms with Gasteiger partial charge >= 0.3 is 11.3 Å². The van der Waals surface area contributed by atoms with Gasteiger partial charge in [-0.25, -0.2) is 27.2 Å². The van der Waals surface area contributed by atoms with E-state index >= 15 is 0 Å².